The summed E-state index contributed by atoms with van der Waals surface area (Å²) in [7, 11) is -3.66. The van der Waals surface area contributed by atoms with E-state index in [1.807, 2.05) is 0 Å². The van der Waals surface area contributed by atoms with E-state index >= 15 is 0 Å². The Morgan fingerprint density at radius 2 is 2.36 bits per heavy atom. The molecule has 0 spiro atoms. The fourth-order valence-electron chi connectivity index (χ4n) is 0.516. The minimum absolute atomic E-state index is 0.0389. The average Bonchev–Trinajstić information content (AvgIpc) is 2.37. The molecule has 0 fully saturated rings. The van der Waals surface area contributed by atoms with Crippen LogP contribution >= 0.6 is 0 Å². The Labute approximate surface area is 62.9 Å². The molecule has 0 saturated carbocycles. The highest BCUT2D eigenvalue weighted by Crippen LogP contribution is 2.07. The summed E-state index contributed by atoms with van der Waals surface area (Å²) >= 11 is 0. The standard InChI is InChI=1S/C4H6N2O4S/c5-10-6-11(7,8)4-1-2-9-3-4/h1-3,6H,5H2. The van der Waals surface area contributed by atoms with Gasteiger partial charge in [0.05, 0.1) is 6.26 Å². The second-order valence-corrected chi connectivity index (χ2v) is 3.31. The summed E-state index contributed by atoms with van der Waals surface area (Å²) in [6.45, 7) is 0. The van der Waals surface area contributed by atoms with Crippen molar-refractivity contribution in [2.45, 2.75) is 4.90 Å². The van der Waals surface area contributed by atoms with Crippen LogP contribution in [0.1, 0.15) is 0 Å². The summed E-state index contributed by atoms with van der Waals surface area (Å²) < 4.78 is 26.4. The molecule has 0 radical (unpaired) electrons. The molecule has 0 atom stereocenters. The molecule has 1 rings (SSSR count). The highest BCUT2D eigenvalue weighted by Gasteiger charge is 2.14. The van der Waals surface area contributed by atoms with Gasteiger partial charge in [0.15, 0.2) is 0 Å². The molecule has 0 saturated heterocycles. The third kappa shape index (κ3) is 1.77. The highest BCUT2D eigenvalue weighted by molar-refractivity contribution is 7.89. The van der Waals surface area contributed by atoms with Crippen LogP contribution in [0.15, 0.2) is 27.9 Å². The number of hydrogen-bond acceptors (Lipinski definition) is 5. The van der Waals surface area contributed by atoms with Crippen LogP contribution in [0, 0.1) is 0 Å². The van der Waals surface area contributed by atoms with Crippen molar-refractivity contribution in [2.75, 3.05) is 0 Å². The summed E-state index contributed by atoms with van der Waals surface area (Å²) in [5.74, 6) is 4.50. The van der Waals surface area contributed by atoms with Gasteiger partial charge in [-0.2, -0.15) is 5.90 Å². The van der Waals surface area contributed by atoms with E-state index in [0.717, 1.165) is 6.26 Å². The first-order valence-corrected chi connectivity index (χ1v) is 4.05. The van der Waals surface area contributed by atoms with E-state index in [-0.39, 0.29) is 4.90 Å². The molecule has 1 heterocycles. The van der Waals surface area contributed by atoms with Crippen molar-refractivity contribution >= 4 is 10.0 Å². The first kappa shape index (κ1) is 8.21. The molecule has 3 N–H and O–H groups in total. The van der Waals surface area contributed by atoms with Crippen LogP contribution in [0.2, 0.25) is 0 Å². The lowest BCUT2D eigenvalue weighted by Gasteiger charge is -1.97. The molecule has 1 aromatic rings. The predicted molar refractivity (Wildman–Crippen MR) is 34.3 cm³/mol. The van der Waals surface area contributed by atoms with Gasteiger partial charge in [0.2, 0.25) is 0 Å². The van der Waals surface area contributed by atoms with Gasteiger partial charge in [-0.05, 0) is 6.07 Å². The van der Waals surface area contributed by atoms with E-state index in [0.29, 0.717) is 0 Å². The van der Waals surface area contributed by atoms with E-state index in [9.17, 15) is 8.42 Å². The second kappa shape index (κ2) is 3.01. The molecule has 62 valence electrons. The molecule has 0 bridgehead atoms. The topological polar surface area (TPSA) is 94.6 Å². The van der Waals surface area contributed by atoms with Crippen LogP contribution in [0.25, 0.3) is 0 Å². The molecule has 0 aliphatic heterocycles. The average molecular weight is 178 g/mol. The molecule has 7 heteroatoms. The van der Waals surface area contributed by atoms with Crippen LogP contribution in [0.5, 0.6) is 0 Å². The van der Waals surface area contributed by atoms with Gasteiger partial charge >= 0.3 is 0 Å². The molecule has 0 aliphatic carbocycles. The normalized spacial score (nSPS) is 11.7. The summed E-state index contributed by atoms with van der Waals surface area (Å²) in [5, 5.41) is 0. The zero-order valence-corrected chi connectivity index (χ0v) is 6.17. The maximum absolute atomic E-state index is 10.9. The zero-order chi connectivity index (χ0) is 8.32. The van der Waals surface area contributed by atoms with Crippen LogP contribution in [0.3, 0.4) is 0 Å². The van der Waals surface area contributed by atoms with Gasteiger partial charge < -0.3 is 4.42 Å². The molecule has 11 heavy (non-hydrogen) atoms. The monoisotopic (exact) mass is 178 g/mol. The number of rotatable bonds is 3. The largest absolute Gasteiger partial charge is 0.471 e. The minimum Gasteiger partial charge on any atom is -0.471 e. The van der Waals surface area contributed by atoms with Crippen LogP contribution < -0.4 is 10.8 Å². The lowest BCUT2D eigenvalue weighted by molar-refractivity contribution is 0.0951. The van der Waals surface area contributed by atoms with Crippen molar-refractivity contribution in [3.63, 3.8) is 0 Å². The van der Waals surface area contributed by atoms with Crippen molar-refractivity contribution in [3.05, 3.63) is 18.6 Å². The van der Waals surface area contributed by atoms with E-state index in [4.69, 9.17) is 0 Å². The van der Waals surface area contributed by atoms with Crippen LogP contribution in [-0.4, -0.2) is 8.42 Å². The Bertz CT molecular complexity index is 303. The van der Waals surface area contributed by atoms with Gasteiger partial charge in [-0.1, -0.05) is 4.89 Å². The van der Waals surface area contributed by atoms with E-state index in [1.54, 1.807) is 4.89 Å². The molecule has 0 aliphatic rings. The Hall–Kier alpha value is -0.890. The highest BCUT2D eigenvalue weighted by atomic mass is 32.2. The molecular weight excluding hydrogens is 172 g/mol. The van der Waals surface area contributed by atoms with Crippen molar-refractivity contribution in [3.8, 4) is 0 Å². The lowest BCUT2D eigenvalue weighted by Crippen LogP contribution is -2.26. The Balaban J connectivity index is 2.92. The molecular formula is C4H6N2O4S. The van der Waals surface area contributed by atoms with E-state index in [2.05, 4.69) is 15.3 Å². The van der Waals surface area contributed by atoms with Gasteiger partial charge in [-0.25, -0.2) is 13.4 Å². The zero-order valence-electron chi connectivity index (χ0n) is 5.35. The van der Waals surface area contributed by atoms with E-state index < -0.39 is 10.0 Å². The number of nitrogens with one attached hydrogen (secondary N) is 1. The molecule has 0 unspecified atom stereocenters. The van der Waals surface area contributed by atoms with Crippen molar-refractivity contribution in [2.24, 2.45) is 5.90 Å². The maximum atomic E-state index is 10.9. The fourth-order valence-corrected chi connectivity index (χ4v) is 1.16. The van der Waals surface area contributed by atoms with Gasteiger partial charge in [0, 0.05) is 0 Å². The number of nitrogens with two attached hydrogens (primary N) is 1. The van der Waals surface area contributed by atoms with Crippen molar-refractivity contribution < 1.29 is 17.8 Å². The molecule has 6 nitrogen and oxygen atoms in total. The quantitative estimate of drug-likeness (QED) is 0.600. The fraction of sp³-hybridized carbons (Fsp3) is 0. The smallest absolute Gasteiger partial charge is 0.267 e. The SMILES string of the molecule is NONS(=O)(=O)c1ccoc1. The second-order valence-electron chi connectivity index (χ2n) is 1.66. The maximum Gasteiger partial charge on any atom is 0.267 e. The lowest BCUT2D eigenvalue weighted by atomic mass is 10.7. The Morgan fingerprint density at radius 3 is 2.82 bits per heavy atom. The van der Waals surface area contributed by atoms with Gasteiger partial charge in [0.25, 0.3) is 10.0 Å². The number of hydrogen-bond donors (Lipinski definition) is 2. The van der Waals surface area contributed by atoms with E-state index in [1.165, 1.54) is 12.3 Å². The molecule has 0 amide bonds. The summed E-state index contributed by atoms with van der Waals surface area (Å²) in [6, 6.07) is 1.27. The predicted octanol–water partition coefficient (Wildman–Crippen LogP) is -0.637. The molecule has 1 aromatic heterocycles. The van der Waals surface area contributed by atoms with Gasteiger partial charge in [0.1, 0.15) is 11.2 Å². The van der Waals surface area contributed by atoms with Crippen molar-refractivity contribution in [1.29, 1.82) is 0 Å². The Morgan fingerprint density at radius 1 is 1.64 bits per heavy atom. The molecule has 0 aromatic carbocycles. The first-order valence-electron chi connectivity index (χ1n) is 2.56. The number of furan rings is 1. The van der Waals surface area contributed by atoms with Crippen LogP contribution in [-0.2, 0) is 15.0 Å². The third-order valence-electron chi connectivity index (χ3n) is 0.963. The van der Waals surface area contributed by atoms with Crippen LogP contribution in [0.4, 0.5) is 0 Å². The summed E-state index contributed by atoms with van der Waals surface area (Å²) in [6.07, 6.45) is 2.28. The van der Waals surface area contributed by atoms with Gasteiger partial charge in [-0.15, -0.1) is 0 Å². The minimum atomic E-state index is -3.66. The summed E-state index contributed by atoms with van der Waals surface area (Å²) in [4.78, 5) is 5.33. The number of sulfonamides is 1. The first-order chi connectivity index (χ1) is 5.17. The summed E-state index contributed by atoms with van der Waals surface area (Å²) in [5.41, 5.74) is 0. The van der Waals surface area contributed by atoms with Crippen molar-refractivity contribution in [1.82, 2.24) is 4.89 Å². The van der Waals surface area contributed by atoms with Gasteiger partial charge in [-0.3, -0.25) is 0 Å². The Kier molecular flexibility index (Phi) is 2.25. The third-order valence-corrected chi connectivity index (χ3v) is 2.13.